The fourth-order valence-electron chi connectivity index (χ4n) is 1.78. The number of hydrogen-bond acceptors (Lipinski definition) is 0. The molecule has 0 amide bonds. The normalized spacial score (nSPS) is 10.8. The standard InChI is InChI=1S/C14H14ClGe/c1-11-7-3-5-9-13(11)16(15)14-10-6-4-8-12(14)2/h3-10H,1-2H3. The van der Waals surface area contributed by atoms with E-state index in [1.807, 2.05) is 0 Å². The van der Waals surface area contributed by atoms with Crippen LogP contribution in [0.3, 0.4) is 0 Å². The third-order valence-electron chi connectivity index (χ3n) is 2.76. The average molecular weight is 290 g/mol. The number of halogens is 1. The molecule has 0 aliphatic heterocycles. The Morgan fingerprint density at radius 3 is 1.50 bits per heavy atom. The average Bonchev–Trinajstić information content (AvgIpc) is 2.29. The van der Waals surface area contributed by atoms with Gasteiger partial charge in [-0.15, -0.1) is 0 Å². The number of aryl methyl sites for hydroxylation is 2. The zero-order valence-electron chi connectivity index (χ0n) is 9.50. The molecule has 0 nitrogen and oxygen atoms in total. The van der Waals surface area contributed by atoms with E-state index >= 15 is 0 Å². The molecule has 0 saturated carbocycles. The van der Waals surface area contributed by atoms with Gasteiger partial charge in [-0.1, -0.05) is 0 Å². The summed E-state index contributed by atoms with van der Waals surface area (Å²) in [6, 6.07) is 16.9. The van der Waals surface area contributed by atoms with Gasteiger partial charge in [0.1, 0.15) is 0 Å². The fraction of sp³-hybridized carbons (Fsp3) is 0.143. The van der Waals surface area contributed by atoms with Crippen LogP contribution < -0.4 is 8.79 Å². The fourth-order valence-corrected chi connectivity index (χ4v) is 7.42. The van der Waals surface area contributed by atoms with E-state index in [2.05, 4.69) is 62.4 Å². The molecule has 2 heteroatoms. The quantitative estimate of drug-likeness (QED) is 0.746. The number of hydrogen-bond donors (Lipinski definition) is 0. The molecule has 0 aliphatic carbocycles. The van der Waals surface area contributed by atoms with E-state index in [1.165, 1.54) is 19.9 Å². The molecule has 2 aromatic rings. The van der Waals surface area contributed by atoms with Gasteiger partial charge in [-0.25, -0.2) is 0 Å². The number of benzene rings is 2. The van der Waals surface area contributed by atoms with E-state index < -0.39 is 13.4 Å². The summed E-state index contributed by atoms with van der Waals surface area (Å²) in [6.07, 6.45) is 0. The zero-order valence-corrected chi connectivity index (χ0v) is 12.4. The maximum atomic E-state index is 6.71. The molecule has 16 heavy (non-hydrogen) atoms. The summed E-state index contributed by atoms with van der Waals surface area (Å²) in [5, 5.41) is 0. The van der Waals surface area contributed by atoms with Crippen molar-refractivity contribution in [3.05, 3.63) is 59.7 Å². The molecule has 1 radical (unpaired) electrons. The van der Waals surface area contributed by atoms with Crippen molar-refractivity contribution in [2.75, 3.05) is 0 Å². The summed E-state index contributed by atoms with van der Waals surface area (Å²) in [6.45, 7) is 4.28. The molecule has 0 aromatic heterocycles. The SMILES string of the molecule is Cc1cccc[c]1[Ge]([Cl])[c]1ccccc1C. The van der Waals surface area contributed by atoms with Crippen molar-refractivity contribution in [3.63, 3.8) is 0 Å². The van der Waals surface area contributed by atoms with Crippen molar-refractivity contribution in [1.29, 1.82) is 0 Å². The van der Waals surface area contributed by atoms with Crippen LogP contribution in [0, 0.1) is 13.8 Å². The molecule has 0 bridgehead atoms. The van der Waals surface area contributed by atoms with Gasteiger partial charge in [0.2, 0.25) is 0 Å². The molecule has 81 valence electrons. The maximum absolute atomic E-state index is 6.71. The summed E-state index contributed by atoms with van der Waals surface area (Å²) in [7, 11) is 6.71. The zero-order chi connectivity index (χ0) is 11.5. The Balaban J connectivity index is 2.44. The van der Waals surface area contributed by atoms with E-state index in [0.29, 0.717) is 0 Å². The second-order valence-corrected chi connectivity index (χ2v) is 9.49. The molecular weight excluding hydrogens is 276 g/mol. The van der Waals surface area contributed by atoms with Crippen LogP contribution in [0.2, 0.25) is 0 Å². The van der Waals surface area contributed by atoms with Crippen molar-refractivity contribution in [1.82, 2.24) is 0 Å². The Morgan fingerprint density at radius 1 is 0.750 bits per heavy atom. The van der Waals surface area contributed by atoms with Gasteiger partial charge in [-0.05, 0) is 0 Å². The first-order chi connectivity index (χ1) is 7.70. The third kappa shape index (κ3) is 2.33. The van der Waals surface area contributed by atoms with Crippen LogP contribution >= 0.6 is 10.0 Å². The van der Waals surface area contributed by atoms with Crippen LogP contribution in [0.15, 0.2) is 48.5 Å². The molecule has 0 heterocycles. The van der Waals surface area contributed by atoms with E-state index in [0.717, 1.165) is 0 Å². The summed E-state index contributed by atoms with van der Waals surface area (Å²) >= 11 is -1.82. The molecular formula is C14H14ClGe. The summed E-state index contributed by atoms with van der Waals surface area (Å²) in [4.78, 5) is 0. The third-order valence-corrected chi connectivity index (χ3v) is 9.22. The Bertz CT molecular complexity index is 448. The molecule has 0 N–H and O–H groups in total. The molecule has 0 saturated heterocycles. The molecule has 0 atom stereocenters. The van der Waals surface area contributed by atoms with Gasteiger partial charge >= 0.3 is 106 Å². The Morgan fingerprint density at radius 2 is 1.12 bits per heavy atom. The predicted octanol–water partition coefficient (Wildman–Crippen LogP) is 2.65. The van der Waals surface area contributed by atoms with E-state index in [1.54, 1.807) is 0 Å². The van der Waals surface area contributed by atoms with Crippen LogP contribution in [0.25, 0.3) is 0 Å². The first-order valence-corrected chi connectivity index (χ1v) is 10.2. The van der Waals surface area contributed by atoms with E-state index in [-0.39, 0.29) is 0 Å². The minimum atomic E-state index is -1.82. The van der Waals surface area contributed by atoms with Crippen molar-refractivity contribution < 1.29 is 0 Å². The first kappa shape index (κ1) is 11.7. The van der Waals surface area contributed by atoms with Crippen LogP contribution in [-0.4, -0.2) is 13.4 Å². The summed E-state index contributed by atoms with van der Waals surface area (Å²) in [5.74, 6) is 0. The predicted molar refractivity (Wildman–Crippen MR) is 73.2 cm³/mol. The van der Waals surface area contributed by atoms with Gasteiger partial charge in [-0.2, -0.15) is 0 Å². The minimum absolute atomic E-state index is 1.32. The summed E-state index contributed by atoms with van der Waals surface area (Å²) < 4.78 is 2.72. The van der Waals surface area contributed by atoms with Crippen molar-refractivity contribution in [3.8, 4) is 0 Å². The van der Waals surface area contributed by atoms with Crippen LogP contribution in [0.5, 0.6) is 0 Å². The Labute approximate surface area is 106 Å². The van der Waals surface area contributed by atoms with Gasteiger partial charge in [-0.3, -0.25) is 0 Å². The van der Waals surface area contributed by atoms with Gasteiger partial charge < -0.3 is 0 Å². The summed E-state index contributed by atoms with van der Waals surface area (Å²) in [5.41, 5.74) is 2.63. The van der Waals surface area contributed by atoms with E-state index in [9.17, 15) is 0 Å². The topological polar surface area (TPSA) is 0 Å². The second kappa shape index (κ2) is 5.07. The monoisotopic (exact) mass is 291 g/mol. The van der Waals surface area contributed by atoms with Gasteiger partial charge in [0, 0.05) is 0 Å². The van der Waals surface area contributed by atoms with Crippen LogP contribution in [0.1, 0.15) is 11.1 Å². The number of rotatable bonds is 2. The van der Waals surface area contributed by atoms with E-state index in [4.69, 9.17) is 10.0 Å². The molecule has 2 rings (SSSR count). The van der Waals surface area contributed by atoms with Crippen LogP contribution in [-0.2, 0) is 0 Å². The Kier molecular flexibility index (Phi) is 3.72. The van der Waals surface area contributed by atoms with Crippen molar-refractivity contribution >= 4 is 32.2 Å². The van der Waals surface area contributed by atoms with Crippen LogP contribution in [0.4, 0.5) is 0 Å². The van der Waals surface area contributed by atoms with Gasteiger partial charge in [0.05, 0.1) is 0 Å². The van der Waals surface area contributed by atoms with Gasteiger partial charge in [0.25, 0.3) is 0 Å². The molecule has 2 aromatic carbocycles. The molecule has 0 unspecified atom stereocenters. The molecule has 0 spiro atoms. The Hall–Kier alpha value is -0.727. The first-order valence-electron chi connectivity index (χ1n) is 5.34. The van der Waals surface area contributed by atoms with Crippen molar-refractivity contribution in [2.24, 2.45) is 0 Å². The van der Waals surface area contributed by atoms with Crippen molar-refractivity contribution in [2.45, 2.75) is 13.8 Å². The van der Waals surface area contributed by atoms with Gasteiger partial charge in [0.15, 0.2) is 0 Å². The molecule has 0 aliphatic rings. The second-order valence-electron chi connectivity index (χ2n) is 3.94. The molecule has 0 fully saturated rings.